The minimum Gasteiger partial charge on any atom is -0.489 e. The first-order valence-electron chi connectivity index (χ1n) is 3.85. The van der Waals surface area contributed by atoms with Crippen LogP contribution in [0.25, 0.3) is 0 Å². The van der Waals surface area contributed by atoms with E-state index in [0.29, 0.717) is 11.6 Å². The highest BCUT2D eigenvalue weighted by Crippen LogP contribution is 2.30. The summed E-state index contributed by atoms with van der Waals surface area (Å²) < 4.78 is 6.43. The fourth-order valence-corrected chi connectivity index (χ4v) is 1.23. The molecule has 0 unspecified atom stereocenters. The van der Waals surface area contributed by atoms with Gasteiger partial charge in [-0.25, -0.2) is 0 Å². The fourth-order valence-electron chi connectivity index (χ4n) is 0.910. The van der Waals surface area contributed by atoms with Crippen LogP contribution in [0.5, 0.6) is 5.75 Å². The van der Waals surface area contributed by atoms with Crippen LogP contribution in [0.2, 0.25) is 0 Å². The molecule has 1 aromatic rings. The van der Waals surface area contributed by atoms with Gasteiger partial charge in [-0.1, -0.05) is 0 Å². The number of hydrogen-bond donors (Lipinski definition) is 2. The Hall–Kier alpha value is -0.770. The lowest BCUT2D eigenvalue weighted by atomic mass is 10.4. The van der Waals surface area contributed by atoms with Crippen molar-refractivity contribution in [3.05, 3.63) is 22.2 Å². The number of H-pyrrole nitrogens is 1. The Morgan fingerprint density at radius 2 is 2.33 bits per heavy atom. The highest BCUT2D eigenvalue weighted by atomic mass is 79.9. The Morgan fingerprint density at radius 3 is 3.00 bits per heavy atom. The van der Waals surface area contributed by atoms with Gasteiger partial charge in [0.15, 0.2) is 0 Å². The van der Waals surface area contributed by atoms with Crippen LogP contribution in [0.4, 0.5) is 0 Å². The van der Waals surface area contributed by atoms with Gasteiger partial charge >= 0.3 is 0 Å². The van der Waals surface area contributed by atoms with Crippen molar-refractivity contribution in [1.82, 2.24) is 4.98 Å². The summed E-state index contributed by atoms with van der Waals surface area (Å²) in [5.74, 6) is 0.765. The van der Waals surface area contributed by atoms with E-state index in [-0.39, 0.29) is 0 Å². The second-order valence-corrected chi connectivity index (χ2v) is 3.73. The Labute approximate surface area is 78.4 Å². The molecule has 1 aliphatic rings. The third-order valence-electron chi connectivity index (χ3n) is 1.68. The first-order chi connectivity index (χ1) is 5.75. The minimum atomic E-state index is 0.369. The van der Waals surface area contributed by atoms with Gasteiger partial charge in [0.2, 0.25) is 0 Å². The van der Waals surface area contributed by atoms with Gasteiger partial charge < -0.3 is 9.72 Å². The molecule has 0 bridgehead atoms. The molecule has 3 nitrogen and oxygen atoms in total. The molecule has 2 rings (SSSR count). The Kier molecular flexibility index (Phi) is 1.92. The second kappa shape index (κ2) is 2.94. The number of aromatic amines is 1. The Bertz CT molecular complexity index is 343. The first-order valence-corrected chi connectivity index (χ1v) is 4.64. The van der Waals surface area contributed by atoms with E-state index in [4.69, 9.17) is 10.1 Å². The van der Waals surface area contributed by atoms with Crippen LogP contribution in [0.1, 0.15) is 12.8 Å². The number of aromatic nitrogens is 1. The number of ether oxygens (including phenoxy) is 1. The van der Waals surface area contributed by atoms with Gasteiger partial charge in [-0.15, -0.1) is 0 Å². The number of pyridine rings is 1. The number of nitrogens with one attached hydrogen (secondary N) is 2. The average Bonchev–Trinajstić information content (AvgIpc) is 2.81. The van der Waals surface area contributed by atoms with Crippen LogP contribution in [-0.2, 0) is 0 Å². The summed E-state index contributed by atoms with van der Waals surface area (Å²) >= 11 is 3.35. The molecule has 0 amide bonds. The quantitative estimate of drug-likeness (QED) is 0.798. The van der Waals surface area contributed by atoms with E-state index >= 15 is 0 Å². The molecular formula is C8H9BrN2O. The summed E-state index contributed by atoms with van der Waals surface area (Å²) in [6.07, 6.45) is 4.37. The van der Waals surface area contributed by atoms with Crippen LogP contribution in [0.15, 0.2) is 16.7 Å². The minimum absolute atomic E-state index is 0.369. The summed E-state index contributed by atoms with van der Waals surface area (Å²) in [5.41, 5.74) is 0.369. The summed E-state index contributed by atoms with van der Waals surface area (Å²) in [7, 11) is 0. The van der Waals surface area contributed by atoms with Gasteiger partial charge in [-0.3, -0.25) is 5.41 Å². The molecule has 4 heteroatoms. The molecule has 0 radical (unpaired) electrons. The Balaban J connectivity index is 2.27. The predicted molar refractivity (Wildman–Crippen MR) is 48.0 cm³/mol. The lowest BCUT2D eigenvalue weighted by Gasteiger charge is -2.05. The molecule has 0 saturated heterocycles. The maximum atomic E-state index is 7.34. The molecule has 1 aromatic heterocycles. The van der Waals surface area contributed by atoms with Crippen molar-refractivity contribution in [1.29, 1.82) is 5.41 Å². The molecule has 12 heavy (non-hydrogen) atoms. The van der Waals surface area contributed by atoms with E-state index < -0.39 is 0 Å². The lowest BCUT2D eigenvalue weighted by molar-refractivity contribution is 0.300. The van der Waals surface area contributed by atoms with E-state index in [1.54, 1.807) is 12.3 Å². The van der Waals surface area contributed by atoms with Crippen LogP contribution in [0, 0.1) is 5.41 Å². The molecule has 2 N–H and O–H groups in total. The summed E-state index contributed by atoms with van der Waals surface area (Å²) in [5, 5.41) is 7.34. The number of hydrogen-bond acceptors (Lipinski definition) is 2. The van der Waals surface area contributed by atoms with E-state index in [1.807, 2.05) is 0 Å². The third kappa shape index (κ3) is 1.69. The van der Waals surface area contributed by atoms with Crippen molar-refractivity contribution < 1.29 is 4.74 Å². The molecule has 1 fully saturated rings. The van der Waals surface area contributed by atoms with Crippen molar-refractivity contribution >= 4 is 15.9 Å². The van der Waals surface area contributed by atoms with Crippen molar-refractivity contribution in [2.75, 3.05) is 0 Å². The SMILES string of the molecule is N=c1cc(OC2CC2)c(Br)c[nH]1. The summed E-state index contributed by atoms with van der Waals surface area (Å²) in [6, 6.07) is 1.68. The molecule has 1 heterocycles. The lowest BCUT2D eigenvalue weighted by Crippen LogP contribution is -2.06. The van der Waals surface area contributed by atoms with Crippen LogP contribution >= 0.6 is 15.9 Å². The predicted octanol–water partition coefficient (Wildman–Crippen LogP) is 1.80. The standard InChI is InChI=1S/C8H9BrN2O/c9-6-4-11-8(10)3-7(6)12-5-1-2-5/h3-5H,1-2H2,(H2,10,11). The molecule has 0 aliphatic heterocycles. The largest absolute Gasteiger partial charge is 0.489 e. The Morgan fingerprint density at radius 1 is 1.58 bits per heavy atom. The van der Waals surface area contributed by atoms with Crippen molar-refractivity contribution in [2.24, 2.45) is 0 Å². The van der Waals surface area contributed by atoms with Gasteiger partial charge in [0, 0.05) is 12.3 Å². The van der Waals surface area contributed by atoms with Crippen LogP contribution < -0.4 is 10.2 Å². The molecule has 0 aromatic carbocycles. The van der Waals surface area contributed by atoms with E-state index in [1.165, 1.54) is 0 Å². The smallest absolute Gasteiger partial charge is 0.139 e. The zero-order chi connectivity index (χ0) is 8.55. The zero-order valence-electron chi connectivity index (χ0n) is 6.43. The molecule has 0 spiro atoms. The van der Waals surface area contributed by atoms with Crippen molar-refractivity contribution in [3.8, 4) is 5.75 Å². The number of halogens is 1. The molecule has 1 aliphatic carbocycles. The molecule has 64 valence electrons. The van der Waals surface area contributed by atoms with Crippen LogP contribution in [-0.4, -0.2) is 11.1 Å². The molecule has 0 atom stereocenters. The monoisotopic (exact) mass is 228 g/mol. The average molecular weight is 229 g/mol. The summed E-state index contributed by atoms with van der Waals surface area (Å²) in [6.45, 7) is 0. The van der Waals surface area contributed by atoms with E-state index in [2.05, 4.69) is 20.9 Å². The maximum Gasteiger partial charge on any atom is 0.139 e. The van der Waals surface area contributed by atoms with Gasteiger partial charge in [-0.05, 0) is 28.8 Å². The number of rotatable bonds is 2. The normalized spacial score (nSPS) is 16.1. The highest BCUT2D eigenvalue weighted by Gasteiger charge is 2.24. The molecule has 1 saturated carbocycles. The molecular weight excluding hydrogens is 220 g/mol. The summed E-state index contributed by atoms with van der Waals surface area (Å²) in [4.78, 5) is 2.77. The van der Waals surface area contributed by atoms with Crippen molar-refractivity contribution in [3.63, 3.8) is 0 Å². The third-order valence-corrected chi connectivity index (χ3v) is 2.30. The van der Waals surface area contributed by atoms with Gasteiger partial charge in [0.25, 0.3) is 0 Å². The topological polar surface area (TPSA) is 48.9 Å². The van der Waals surface area contributed by atoms with Crippen LogP contribution in [0.3, 0.4) is 0 Å². The highest BCUT2D eigenvalue weighted by molar-refractivity contribution is 9.10. The van der Waals surface area contributed by atoms with Gasteiger partial charge in [-0.2, -0.15) is 0 Å². The van der Waals surface area contributed by atoms with E-state index in [0.717, 1.165) is 23.1 Å². The van der Waals surface area contributed by atoms with Gasteiger partial charge in [0.1, 0.15) is 11.2 Å². The maximum absolute atomic E-state index is 7.34. The second-order valence-electron chi connectivity index (χ2n) is 2.88. The first kappa shape index (κ1) is 7.86. The fraction of sp³-hybridized carbons (Fsp3) is 0.375. The van der Waals surface area contributed by atoms with E-state index in [9.17, 15) is 0 Å². The van der Waals surface area contributed by atoms with Gasteiger partial charge in [0.05, 0.1) is 10.6 Å². The van der Waals surface area contributed by atoms with Crippen molar-refractivity contribution in [2.45, 2.75) is 18.9 Å². The zero-order valence-corrected chi connectivity index (χ0v) is 8.02.